The molecule has 4 rings (SSSR count). The monoisotopic (exact) mass is 395 g/mol. The lowest BCUT2D eigenvalue weighted by atomic mass is 10.00. The van der Waals surface area contributed by atoms with Gasteiger partial charge in [-0.2, -0.15) is 5.10 Å². The summed E-state index contributed by atoms with van der Waals surface area (Å²) in [5, 5.41) is 9.66. The summed E-state index contributed by atoms with van der Waals surface area (Å²) in [6.45, 7) is 5.63. The molecular formula is C21H25N5OS. The molecule has 0 spiro atoms. The zero-order chi connectivity index (χ0) is 19.5. The maximum absolute atomic E-state index is 12.5. The summed E-state index contributed by atoms with van der Waals surface area (Å²) in [7, 11) is 1.86. The number of rotatable bonds is 5. The van der Waals surface area contributed by atoms with Crippen LogP contribution < -0.4 is 5.32 Å². The van der Waals surface area contributed by atoms with Gasteiger partial charge in [-0.3, -0.25) is 14.4 Å². The topological polar surface area (TPSA) is 63.1 Å². The molecule has 1 aliphatic rings. The molecule has 1 amide bonds. The van der Waals surface area contributed by atoms with Gasteiger partial charge in [0.1, 0.15) is 10.7 Å². The van der Waals surface area contributed by atoms with Crippen molar-refractivity contribution in [2.24, 2.45) is 13.0 Å². The van der Waals surface area contributed by atoms with E-state index in [0.29, 0.717) is 5.69 Å². The Kier molecular flexibility index (Phi) is 5.54. The zero-order valence-corrected chi connectivity index (χ0v) is 17.1. The third-order valence-corrected chi connectivity index (χ3v) is 5.94. The smallest absolute Gasteiger partial charge is 0.275 e. The normalized spacial score (nSPS) is 17.6. The molecule has 6 nitrogen and oxygen atoms in total. The molecule has 0 radical (unpaired) electrons. The second kappa shape index (κ2) is 8.24. The fraction of sp³-hybridized carbons (Fsp3) is 0.381. The Morgan fingerprint density at radius 2 is 2.14 bits per heavy atom. The van der Waals surface area contributed by atoms with Crippen LogP contribution in [0.2, 0.25) is 0 Å². The summed E-state index contributed by atoms with van der Waals surface area (Å²) in [6, 6.07) is 8.12. The first kappa shape index (κ1) is 18.8. The Labute approximate surface area is 169 Å². The highest BCUT2D eigenvalue weighted by atomic mass is 32.1. The van der Waals surface area contributed by atoms with E-state index < -0.39 is 0 Å². The number of carbonyl (C=O) groups excluding carboxylic acids is 1. The van der Waals surface area contributed by atoms with E-state index in [1.54, 1.807) is 16.3 Å². The fourth-order valence-corrected chi connectivity index (χ4v) is 4.39. The van der Waals surface area contributed by atoms with E-state index in [1.165, 1.54) is 42.8 Å². The van der Waals surface area contributed by atoms with E-state index in [4.69, 9.17) is 0 Å². The number of amides is 1. The van der Waals surface area contributed by atoms with Crippen LogP contribution in [0.15, 0.2) is 42.0 Å². The van der Waals surface area contributed by atoms with E-state index in [0.717, 1.165) is 28.7 Å². The SMILES string of the molecule is CC1CCCN(Cc2ccc(NC(=O)c3csc(-c4cnn(C)c4)n3)cc2)C1. The molecule has 1 fully saturated rings. The van der Waals surface area contributed by atoms with E-state index in [2.05, 4.69) is 39.4 Å². The van der Waals surface area contributed by atoms with E-state index in [-0.39, 0.29) is 5.91 Å². The maximum Gasteiger partial charge on any atom is 0.275 e. The summed E-state index contributed by atoms with van der Waals surface area (Å²) in [4.78, 5) is 19.5. The summed E-state index contributed by atoms with van der Waals surface area (Å²) in [5.41, 5.74) is 3.41. The number of anilines is 1. The predicted molar refractivity (Wildman–Crippen MR) is 112 cm³/mol. The van der Waals surface area contributed by atoms with Crippen molar-refractivity contribution in [2.45, 2.75) is 26.3 Å². The van der Waals surface area contributed by atoms with Gasteiger partial charge in [-0.15, -0.1) is 11.3 Å². The van der Waals surface area contributed by atoms with Crippen LogP contribution in [-0.4, -0.2) is 38.7 Å². The molecule has 1 aliphatic heterocycles. The van der Waals surface area contributed by atoms with Crippen LogP contribution in [0.3, 0.4) is 0 Å². The minimum Gasteiger partial charge on any atom is -0.321 e. The van der Waals surface area contributed by atoms with Gasteiger partial charge in [0.05, 0.1) is 6.20 Å². The highest BCUT2D eigenvalue weighted by molar-refractivity contribution is 7.13. The number of benzene rings is 1. The summed E-state index contributed by atoms with van der Waals surface area (Å²) in [5.74, 6) is 0.589. The second-order valence-electron chi connectivity index (χ2n) is 7.57. The number of carbonyl (C=O) groups is 1. The van der Waals surface area contributed by atoms with Crippen molar-refractivity contribution in [3.05, 3.63) is 53.3 Å². The minimum atomic E-state index is -0.191. The summed E-state index contributed by atoms with van der Waals surface area (Å²) < 4.78 is 1.72. The first-order valence-electron chi connectivity index (χ1n) is 9.64. The van der Waals surface area contributed by atoms with Crippen LogP contribution >= 0.6 is 11.3 Å². The fourth-order valence-electron chi connectivity index (χ4n) is 3.62. The number of aryl methyl sites for hydroxylation is 1. The first-order valence-corrected chi connectivity index (χ1v) is 10.5. The van der Waals surface area contributed by atoms with Crippen molar-refractivity contribution in [1.82, 2.24) is 19.7 Å². The Balaban J connectivity index is 1.36. The Morgan fingerprint density at radius 3 is 2.86 bits per heavy atom. The lowest BCUT2D eigenvalue weighted by Crippen LogP contribution is -2.33. The standard InChI is InChI=1S/C21H25N5OS/c1-15-4-3-9-26(11-15)12-16-5-7-18(8-6-16)23-20(27)19-14-28-21(24-19)17-10-22-25(2)13-17/h5-8,10,13-15H,3-4,9,11-12H2,1-2H3,(H,23,27). The van der Waals surface area contributed by atoms with Crippen LogP contribution in [0.5, 0.6) is 0 Å². The predicted octanol–water partition coefficient (Wildman–Crippen LogP) is 4.03. The lowest BCUT2D eigenvalue weighted by Gasteiger charge is -2.30. The molecule has 28 heavy (non-hydrogen) atoms. The molecule has 1 saturated heterocycles. The molecule has 0 bridgehead atoms. The molecule has 1 N–H and O–H groups in total. The number of likely N-dealkylation sites (tertiary alicyclic amines) is 1. The van der Waals surface area contributed by atoms with Crippen molar-refractivity contribution >= 4 is 22.9 Å². The number of hydrogen-bond acceptors (Lipinski definition) is 5. The highest BCUT2D eigenvalue weighted by Crippen LogP contribution is 2.24. The van der Waals surface area contributed by atoms with E-state index in [1.807, 2.05) is 25.4 Å². The van der Waals surface area contributed by atoms with Crippen molar-refractivity contribution in [2.75, 3.05) is 18.4 Å². The first-order chi connectivity index (χ1) is 13.6. The molecule has 3 aromatic rings. The third kappa shape index (κ3) is 4.48. The van der Waals surface area contributed by atoms with Gasteiger partial charge in [0.2, 0.25) is 0 Å². The van der Waals surface area contributed by atoms with Crippen LogP contribution in [0.25, 0.3) is 10.6 Å². The largest absolute Gasteiger partial charge is 0.321 e. The molecule has 7 heteroatoms. The number of nitrogens with zero attached hydrogens (tertiary/aromatic N) is 4. The van der Waals surface area contributed by atoms with Crippen molar-refractivity contribution < 1.29 is 4.79 Å². The Hall–Kier alpha value is -2.51. The van der Waals surface area contributed by atoms with Crippen LogP contribution in [0.4, 0.5) is 5.69 Å². The molecular weight excluding hydrogens is 370 g/mol. The van der Waals surface area contributed by atoms with Crippen LogP contribution in [0, 0.1) is 5.92 Å². The number of thiazole rings is 1. The number of hydrogen-bond donors (Lipinski definition) is 1. The van der Waals surface area contributed by atoms with Crippen molar-refractivity contribution in [1.29, 1.82) is 0 Å². The lowest BCUT2D eigenvalue weighted by molar-refractivity contribution is 0.102. The maximum atomic E-state index is 12.5. The van der Waals surface area contributed by atoms with Gasteiger partial charge < -0.3 is 5.32 Å². The Morgan fingerprint density at radius 1 is 1.32 bits per heavy atom. The second-order valence-corrected chi connectivity index (χ2v) is 8.43. The van der Waals surface area contributed by atoms with Gasteiger partial charge in [-0.05, 0) is 43.0 Å². The summed E-state index contributed by atoms with van der Waals surface area (Å²) in [6.07, 6.45) is 6.26. The molecule has 3 heterocycles. The molecule has 0 aliphatic carbocycles. The average molecular weight is 396 g/mol. The zero-order valence-electron chi connectivity index (χ0n) is 16.3. The van der Waals surface area contributed by atoms with Gasteiger partial charge in [-0.25, -0.2) is 4.98 Å². The number of nitrogens with one attached hydrogen (secondary N) is 1. The molecule has 1 atom stereocenters. The van der Waals surface area contributed by atoms with Gasteiger partial charge in [0.25, 0.3) is 5.91 Å². The van der Waals surface area contributed by atoms with Gasteiger partial charge in [-0.1, -0.05) is 19.1 Å². The number of aromatic nitrogens is 3. The van der Waals surface area contributed by atoms with Gasteiger partial charge in [0, 0.05) is 43.0 Å². The molecule has 2 aromatic heterocycles. The molecule has 1 aromatic carbocycles. The molecule has 1 unspecified atom stereocenters. The average Bonchev–Trinajstić information content (AvgIpc) is 3.32. The number of piperidine rings is 1. The minimum absolute atomic E-state index is 0.191. The molecule has 146 valence electrons. The van der Waals surface area contributed by atoms with Crippen molar-refractivity contribution in [3.8, 4) is 10.6 Å². The van der Waals surface area contributed by atoms with Gasteiger partial charge in [0.15, 0.2) is 0 Å². The van der Waals surface area contributed by atoms with E-state index in [9.17, 15) is 4.79 Å². The van der Waals surface area contributed by atoms with Crippen molar-refractivity contribution in [3.63, 3.8) is 0 Å². The quantitative estimate of drug-likeness (QED) is 0.708. The molecule has 0 saturated carbocycles. The Bertz CT molecular complexity index is 946. The highest BCUT2D eigenvalue weighted by Gasteiger charge is 2.16. The van der Waals surface area contributed by atoms with Crippen LogP contribution in [-0.2, 0) is 13.6 Å². The van der Waals surface area contributed by atoms with Crippen LogP contribution in [0.1, 0.15) is 35.8 Å². The third-order valence-electron chi connectivity index (χ3n) is 5.05. The van der Waals surface area contributed by atoms with Gasteiger partial charge >= 0.3 is 0 Å². The summed E-state index contributed by atoms with van der Waals surface area (Å²) >= 11 is 1.45. The van der Waals surface area contributed by atoms with E-state index >= 15 is 0 Å².